The van der Waals surface area contributed by atoms with E-state index in [0.717, 1.165) is 61.0 Å². The van der Waals surface area contributed by atoms with E-state index in [1.807, 2.05) is 31.1 Å². The van der Waals surface area contributed by atoms with E-state index in [4.69, 9.17) is 4.52 Å². The molecule has 2 aliphatic heterocycles. The van der Waals surface area contributed by atoms with E-state index in [0.29, 0.717) is 13.0 Å². The first-order chi connectivity index (χ1) is 12.5. The number of aromatic nitrogens is 3. The van der Waals surface area contributed by atoms with Crippen LogP contribution in [0.4, 0.5) is 5.95 Å². The Hall–Kier alpha value is -2.44. The average molecular weight is 355 g/mol. The molecule has 4 heterocycles. The van der Waals surface area contributed by atoms with Crippen LogP contribution < -0.4 is 4.90 Å². The monoisotopic (exact) mass is 355 g/mol. The summed E-state index contributed by atoms with van der Waals surface area (Å²) < 4.78 is 5.24. The fraction of sp³-hybridized carbons (Fsp3) is 0.579. The number of hydrogen-bond acceptors (Lipinski definition) is 6. The summed E-state index contributed by atoms with van der Waals surface area (Å²) >= 11 is 0. The molecule has 0 bridgehead atoms. The molecule has 1 amide bonds. The Morgan fingerprint density at radius 3 is 2.65 bits per heavy atom. The van der Waals surface area contributed by atoms with Crippen LogP contribution in [0, 0.1) is 19.3 Å². The molecule has 26 heavy (non-hydrogen) atoms. The Morgan fingerprint density at radius 2 is 2.00 bits per heavy atom. The van der Waals surface area contributed by atoms with Crippen molar-refractivity contribution in [3.05, 3.63) is 35.0 Å². The number of aryl methyl sites for hydroxylation is 3. The molecule has 7 nitrogen and oxygen atoms in total. The van der Waals surface area contributed by atoms with Gasteiger partial charge < -0.3 is 14.3 Å². The van der Waals surface area contributed by atoms with Crippen LogP contribution >= 0.6 is 0 Å². The van der Waals surface area contributed by atoms with E-state index in [9.17, 15) is 4.79 Å². The molecule has 2 fully saturated rings. The standard InChI is InChI=1S/C19H25N5O2/c1-4-15-8-20-18(21-9-15)23-6-5-19(11-23)7-17(25)24(12-19)10-16-13(2)22-26-14(16)3/h8-9H,4-7,10-12H2,1-3H3/t19-/m1/s1. The van der Waals surface area contributed by atoms with E-state index in [1.54, 1.807) is 0 Å². The molecular weight excluding hydrogens is 330 g/mol. The van der Waals surface area contributed by atoms with Gasteiger partial charge in [-0.15, -0.1) is 0 Å². The first-order valence-corrected chi connectivity index (χ1v) is 9.25. The summed E-state index contributed by atoms with van der Waals surface area (Å²) in [6, 6.07) is 0. The Bertz CT molecular complexity index is 796. The Kier molecular flexibility index (Phi) is 4.17. The zero-order valence-corrected chi connectivity index (χ0v) is 15.7. The lowest BCUT2D eigenvalue weighted by Crippen LogP contribution is -2.31. The molecular formula is C19H25N5O2. The maximum absolute atomic E-state index is 12.6. The van der Waals surface area contributed by atoms with Crippen molar-refractivity contribution in [2.45, 2.75) is 46.6 Å². The summed E-state index contributed by atoms with van der Waals surface area (Å²) in [4.78, 5) is 25.8. The quantitative estimate of drug-likeness (QED) is 0.837. The summed E-state index contributed by atoms with van der Waals surface area (Å²) in [5.41, 5.74) is 3.05. The number of nitrogens with zero attached hydrogens (tertiary/aromatic N) is 5. The molecule has 2 aromatic rings. The summed E-state index contributed by atoms with van der Waals surface area (Å²) in [6.45, 7) is 9.03. The molecule has 0 aromatic carbocycles. The number of hydrogen-bond donors (Lipinski definition) is 0. The minimum absolute atomic E-state index is 0.00282. The van der Waals surface area contributed by atoms with Gasteiger partial charge >= 0.3 is 0 Å². The average Bonchev–Trinajstić information content (AvgIpc) is 3.29. The SMILES string of the molecule is CCc1cnc(N2CC[C@@]3(CC(=O)N(Cc4c(C)noc4C)C3)C2)nc1. The van der Waals surface area contributed by atoms with Crippen LogP contribution in [0.15, 0.2) is 16.9 Å². The normalized spacial score (nSPS) is 22.8. The lowest BCUT2D eigenvalue weighted by atomic mass is 9.86. The lowest BCUT2D eigenvalue weighted by molar-refractivity contribution is -0.128. The van der Waals surface area contributed by atoms with Gasteiger partial charge in [0.1, 0.15) is 5.76 Å². The van der Waals surface area contributed by atoms with Gasteiger partial charge in [-0.25, -0.2) is 9.97 Å². The van der Waals surface area contributed by atoms with E-state index >= 15 is 0 Å². The zero-order chi connectivity index (χ0) is 18.3. The molecule has 4 rings (SSSR count). The smallest absolute Gasteiger partial charge is 0.225 e. The third-order valence-corrected chi connectivity index (χ3v) is 5.76. The second-order valence-corrected chi connectivity index (χ2v) is 7.65. The molecule has 0 unspecified atom stereocenters. The molecule has 2 saturated heterocycles. The highest BCUT2D eigenvalue weighted by Crippen LogP contribution is 2.41. The second-order valence-electron chi connectivity index (χ2n) is 7.65. The largest absolute Gasteiger partial charge is 0.361 e. The van der Waals surface area contributed by atoms with Gasteiger partial charge in [-0.2, -0.15) is 0 Å². The fourth-order valence-electron chi connectivity index (χ4n) is 4.12. The van der Waals surface area contributed by atoms with Crippen LogP contribution in [-0.2, 0) is 17.8 Å². The van der Waals surface area contributed by atoms with Crippen molar-refractivity contribution in [3.63, 3.8) is 0 Å². The van der Waals surface area contributed by atoms with Gasteiger partial charge in [-0.05, 0) is 32.3 Å². The zero-order valence-electron chi connectivity index (χ0n) is 15.7. The van der Waals surface area contributed by atoms with Crippen molar-refractivity contribution < 1.29 is 9.32 Å². The van der Waals surface area contributed by atoms with Crippen molar-refractivity contribution in [1.29, 1.82) is 0 Å². The van der Waals surface area contributed by atoms with Crippen molar-refractivity contribution in [2.75, 3.05) is 24.5 Å². The van der Waals surface area contributed by atoms with Crippen LogP contribution in [0.25, 0.3) is 0 Å². The summed E-state index contributed by atoms with van der Waals surface area (Å²) in [6.07, 6.45) is 6.33. The van der Waals surface area contributed by atoms with Gasteiger partial charge in [0.05, 0.1) is 12.2 Å². The summed E-state index contributed by atoms with van der Waals surface area (Å²) in [5, 5.41) is 4.00. The van der Waals surface area contributed by atoms with Crippen LogP contribution in [0.2, 0.25) is 0 Å². The first-order valence-electron chi connectivity index (χ1n) is 9.25. The highest BCUT2D eigenvalue weighted by Gasteiger charge is 2.48. The minimum Gasteiger partial charge on any atom is -0.361 e. The topological polar surface area (TPSA) is 75.4 Å². The van der Waals surface area contributed by atoms with Gasteiger partial charge in [-0.3, -0.25) is 4.79 Å². The molecule has 138 valence electrons. The number of carbonyl (C=O) groups is 1. The minimum atomic E-state index is 0.00282. The van der Waals surface area contributed by atoms with Crippen molar-refractivity contribution in [3.8, 4) is 0 Å². The molecule has 0 aliphatic carbocycles. The molecule has 2 aromatic heterocycles. The Morgan fingerprint density at radius 1 is 1.23 bits per heavy atom. The van der Waals surface area contributed by atoms with Gasteiger partial charge in [-0.1, -0.05) is 12.1 Å². The van der Waals surface area contributed by atoms with Crippen molar-refractivity contribution >= 4 is 11.9 Å². The maximum atomic E-state index is 12.6. The predicted molar refractivity (Wildman–Crippen MR) is 96.7 cm³/mol. The van der Waals surface area contributed by atoms with Crippen molar-refractivity contribution in [1.82, 2.24) is 20.0 Å². The molecule has 0 saturated carbocycles. The van der Waals surface area contributed by atoms with Gasteiger partial charge in [0.2, 0.25) is 11.9 Å². The lowest BCUT2D eigenvalue weighted by Gasteiger charge is -2.24. The van der Waals surface area contributed by atoms with Crippen LogP contribution in [0.5, 0.6) is 0 Å². The summed E-state index contributed by atoms with van der Waals surface area (Å²) in [5.74, 6) is 1.79. The van der Waals surface area contributed by atoms with E-state index in [-0.39, 0.29) is 11.3 Å². The molecule has 7 heteroatoms. The van der Waals surface area contributed by atoms with Gasteiger partial charge in [0, 0.05) is 49.4 Å². The number of likely N-dealkylation sites (tertiary alicyclic amines) is 1. The van der Waals surface area contributed by atoms with Crippen LogP contribution in [-0.4, -0.2) is 45.6 Å². The highest BCUT2D eigenvalue weighted by atomic mass is 16.5. The molecule has 1 atom stereocenters. The highest BCUT2D eigenvalue weighted by molar-refractivity contribution is 5.80. The maximum Gasteiger partial charge on any atom is 0.225 e. The van der Waals surface area contributed by atoms with E-state index in [2.05, 4.69) is 26.9 Å². The van der Waals surface area contributed by atoms with Crippen LogP contribution in [0.3, 0.4) is 0 Å². The van der Waals surface area contributed by atoms with E-state index in [1.165, 1.54) is 0 Å². The van der Waals surface area contributed by atoms with Gasteiger partial charge in [0.25, 0.3) is 0 Å². The molecule has 1 spiro atoms. The van der Waals surface area contributed by atoms with Crippen molar-refractivity contribution in [2.24, 2.45) is 5.41 Å². The number of rotatable bonds is 4. The summed E-state index contributed by atoms with van der Waals surface area (Å²) in [7, 11) is 0. The Balaban J connectivity index is 1.46. The fourth-order valence-corrected chi connectivity index (χ4v) is 4.12. The molecule has 0 N–H and O–H groups in total. The first kappa shape index (κ1) is 17.0. The van der Waals surface area contributed by atoms with E-state index < -0.39 is 0 Å². The molecule has 2 aliphatic rings. The third kappa shape index (κ3) is 2.95. The van der Waals surface area contributed by atoms with Crippen LogP contribution in [0.1, 0.15) is 42.3 Å². The Labute approximate surface area is 153 Å². The third-order valence-electron chi connectivity index (χ3n) is 5.76. The number of carbonyl (C=O) groups excluding carboxylic acids is 1. The molecule has 0 radical (unpaired) electrons. The number of anilines is 1. The predicted octanol–water partition coefficient (Wildman–Crippen LogP) is 2.27. The van der Waals surface area contributed by atoms with Gasteiger partial charge in [0.15, 0.2) is 0 Å². The second kappa shape index (κ2) is 6.37. The number of amides is 1.